The summed E-state index contributed by atoms with van der Waals surface area (Å²) in [5.41, 5.74) is 1.30. The molecule has 1 heterocycles. The Morgan fingerprint density at radius 1 is 1.11 bits per heavy atom. The number of nitrogens with one attached hydrogen (secondary N) is 1. The summed E-state index contributed by atoms with van der Waals surface area (Å²) in [5.74, 6) is 2.99. The van der Waals surface area contributed by atoms with Crippen molar-refractivity contribution in [1.82, 2.24) is 5.32 Å². The summed E-state index contributed by atoms with van der Waals surface area (Å²) in [4.78, 5) is 0. The lowest BCUT2D eigenvalue weighted by Crippen LogP contribution is -2.17. The van der Waals surface area contributed by atoms with Crippen molar-refractivity contribution in [2.45, 2.75) is 25.3 Å². The molecule has 18 heavy (non-hydrogen) atoms. The van der Waals surface area contributed by atoms with Gasteiger partial charge in [0.15, 0.2) is 0 Å². The Balaban J connectivity index is 1.87. The van der Waals surface area contributed by atoms with Gasteiger partial charge in [0, 0.05) is 6.04 Å². The highest BCUT2D eigenvalue weighted by Gasteiger charge is 2.06. The summed E-state index contributed by atoms with van der Waals surface area (Å²) < 4.78 is 5.73. The molecule has 1 atom stereocenters. The van der Waals surface area contributed by atoms with Gasteiger partial charge in [-0.3, -0.25) is 0 Å². The summed E-state index contributed by atoms with van der Waals surface area (Å²) in [6.07, 6.45) is 2.08. The average molecular weight is 261 g/mol. The topological polar surface area (TPSA) is 25.2 Å². The van der Waals surface area contributed by atoms with E-state index < -0.39 is 0 Å². The Bertz CT molecular complexity index is 466. The fourth-order valence-electron chi connectivity index (χ4n) is 1.85. The summed E-state index contributed by atoms with van der Waals surface area (Å²) in [6.45, 7) is 2.94. The minimum Gasteiger partial charge on any atom is -0.464 e. The number of hydrogen-bond acceptors (Lipinski definition) is 3. The van der Waals surface area contributed by atoms with Crippen LogP contribution in [0.5, 0.6) is 0 Å². The van der Waals surface area contributed by atoms with Crippen molar-refractivity contribution in [3.8, 4) is 0 Å². The third kappa shape index (κ3) is 3.65. The second kappa shape index (κ2) is 6.66. The highest BCUT2D eigenvalue weighted by Crippen LogP contribution is 2.15. The lowest BCUT2D eigenvalue weighted by Gasteiger charge is -2.12. The molecule has 2 rings (SSSR count). The van der Waals surface area contributed by atoms with E-state index in [1.54, 1.807) is 11.8 Å². The van der Waals surface area contributed by atoms with E-state index in [1.807, 2.05) is 6.07 Å². The van der Waals surface area contributed by atoms with Crippen LogP contribution in [0.2, 0.25) is 0 Å². The summed E-state index contributed by atoms with van der Waals surface area (Å²) in [6, 6.07) is 14.9. The van der Waals surface area contributed by atoms with E-state index in [0.29, 0.717) is 6.04 Å². The van der Waals surface area contributed by atoms with Crippen LogP contribution in [-0.2, 0) is 12.3 Å². The third-order valence-electron chi connectivity index (χ3n) is 2.89. The second-order valence-electron chi connectivity index (χ2n) is 4.31. The van der Waals surface area contributed by atoms with E-state index in [1.165, 1.54) is 5.56 Å². The van der Waals surface area contributed by atoms with Gasteiger partial charge in [0.25, 0.3) is 0 Å². The molecule has 1 aromatic carbocycles. The van der Waals surface area contributed by atoms with E-state index in [0.717, 1.165) is 23.8 Å². The molecular formula is C15H19NOS. The van der Waals surface area contributed by atoms with E-state index in [2.05, 4.69) is 54.9 Å². The summed E-state index contributed by atoms with van der Waals surface area (Å²) in [7, 11) is 0. The van der Waals surface area contributed by atoms with Crippen LogP contribution in [0, 0.1) is 0 Å². The van der Waals surface area contributed by atoms with Gasteiger partial charge in [-0.25, -0.2) is 0 Å². The molecule has 2 nitrogen and oxygen atoms in total. The maximum Gasteiger partial charge on any atom is 0.118 e. The molecule has 96 valence electrons. The van der Waals surface area contributed by atoms with Crippen molar-refractivity contribution in [3.63, 3.8) is 0 Å². The molecule has 0 spiro atoms. The Morgan fingerprint density at radius 2 is 1.83 bits per heavy atom. The minimum absolute atomic E-state index is 0.334. The number of benzene rings is 1. The Morgan fingerprint density at radius 3 is 2.56 bits per heavy atom. The van der Waals surface area contributed by atoms with Gasteiger partial charge in [-0.2, -0.15) is 11.8 Å². The Labute approximate surface area is 113 Å². The molecule has 1 aromatic heterocycles. The zero-order valence-corrected chi connectivity index (χ0v) is 11.7. The van der Waals surface area contributed by atoms with Crippen LogP contribution in [0.25, 0.3) is 0 Å². The zero-order chi connectivity index (χ0) is 12.8. The Kier molecular flexibility index (Phi) is 4.90. The van der Waals surface area contributed by atoms with Crippen LogP contribution in [0.3, 0.4) is 0 Å². The molecule has 0 aliphatic rings. The molecule has 3 heteroatoms. The highest BCUT2D eigenvalue weighted by molar-refractivity contribution is 7.97. The van der Waals surface area contributed by atoms with Crippen LogP contribution in [0.4, 0.5) is 0 Å². The minimum atomic E-state index is 0.334. The van der Waals surface area contributed by atoms with E-state index in [4.69, 9.17) is 4.42 Å². The van der Waals surface area contributed by atoms with Crippen molar-refractivity contribution < 1.29 is 4.42 Å². The largest absolute Gasteiger partial charge is 0.464 e. The maximum atomic E-state index is 5.73. The highest BCUT2D eigenvalue weighted by atomic mass is 32.2. The summed E-state index contributed by atoms with van der Waals surface area (Å²) >= 11 is 1.78. The number of thioether (sulfide) groups is 1. The SMILES string of the molecule is CSCc1ccc(CN[C@@H](C)c2ccccc2)o1. The fourth-order valence-corrected chi connectivity index (χ4v) is 2.29. The third-order valence-corrected chi connectivity index (χ3v) is 3.46. The number of hydrogen-bond donors (Lipinski definition) is 1. The monoisotopic (exact) mass is 261 g/mol. The molecule has 0 aliphatic carbocycles. The van der Waals surface area contributed by atoms with Gasteiger partial charge in [0.1, 0.15) is 11.5 Å². The van der Waals surface area contributed by atoms with Gasteiger partial charge in [-0.15, -0.1) is 0 Å². The molecule has 0 unspecified atom stereocenters. The van der Waals surface area contributed by atoms with Gasteiger partial charge in [-0.05, 0) is 30.9 Å². The molecule has 0 fully saturated rings. The molecule has 0 amide bonds. The first kappa shape index (κ1) is 13.2. The molecular weight excluding hydrogens is 242 g/mol. The van der Waals surface area contributed by atoms with Crippen LogP contribution in [0.15, 0.2) is 46.9 Å². The molecule has 0 bridgehead atoms. The van der Waals surface area contributed by atoms with Gasteiger partial charge in [0.05, 0.1) is 12.3 Å². The standard InChI is InChI=1S/C15H19NOS/c1-12(13-6-4-3-5-7-13)16-10-14-8-9-15(17-14)11-18-2/h3-9,12,16H,10-11H2,1-2H3/t12-/m0/s1. The van der Waals surface area contributed by atoms with Gasteiger partial charge >= 0.3 is 0 Å². The van der Waals surface area contributed by atoms with E-state index in [9.17, 15) is 0 Å². The number of furan rings is 1. The maximum absolute atomic E-state index is 5.73. The predicted molar refractivity (Wildman–Crippen MR) is 77.6 cm³/mol. The molecule has 0 radical (unpaired) electrons. The number of rotatable bonds is 6. The van der Waals surface area contributed by atoms with Crippen LogP contribution in [-0.4, -0.2) is 6.26 Å². The lowest BCUT2D eigenvalue weighted by atomic mass is 10.1. The van der Waals surface area contributed by atoms with Crippen molar-refractivity contribution in [2.24, 2.45) is 0 Å². The quantitative estimate of drug-likeness (QED) is 0.851. The van der Waals surface area contributed by atoms with E-state index >= 15 is 0 Å². The van der Waals surface area contributed by atoms with Gasteiger partial charge < -0.3 is 9.73 Å². The van der Waals surface area contributed by atoms with Crippen molar-refractivity contribution >= 4 is 11.8 Å². The van der Waals surface area contributed by atoms with Crippen molar-refractivity contribution in [3.05, 3.63) is 59.5 Å². The molecule has 0 saturated heterocycles. The fraction of sp³-hybridized carbons (Fsp3) is 0.333. The molecule has 0 aliphatic heterocycles. The molecule has 0 saturated carbocycles. The van der Waals surface area contributed by atoms with Crippen LogP contribution >= 0.6 is 11.8 Å². The Hall–Kier alpha value is -1.19. The lowest BCUT2D eigenvalue weighted by molar-refractivity contribution is 0.442. The summed E-state index contributed by atoms with van der Waals surface area (Å²) in [5, 5.41) is 3.47. The van der Waals surface area contributed by atoms with Gasteiger partial charge in [-0.1, -0.05) is 30.3 Å². The average Bonchev–Trinajstić information content (AvgIpc) is 2.85. The first-order valence-corrected chi connectivity index (χ1v) is 7.54. The normalized spacial score (nSPS) is 12.6. The smallest absolute Gasteiger partial charge is 0.118 e. The van der Waals surface area contributed by atoms with Gasteiger partial charge in [0.2, 0.25) is 0 Å². The van der Waals surface area contributed by atoms with Crippen LogP contribution in [0.1, 0.15) is 30.0 Å². The molecule has 2 aromatic rings. The zero-order valence-electron chi connectivity index (χ0n) is 10.8. The van der Waals surface area contributed by atoms with Crippen molar-refractivity contribution in [1.29, 1.82) is 0 Å². The van der Waals surface area contributed by atoms with Crippen molar-refractivity contribution in [2.75, 3.05) is 6.26 Å². The second-order valence-corrected chi connectivity index (χ2v) is 5.18. The first-order chi connectivity index (χ1) is 8.79. The molecule has 1 N–H and O–H groups in total. The van der Waals surface area contributed by atoms with Crippen LogP contribution < -0.4 is 5.32 Å². The van der Waals surface area contributed by atoms with E-state index in [-0.39, 0.29) is 0 Å². The first-order valence-electron chi connectivity index (χ1n) is 6.14. The predicted octanol–water partition coefficient (Wildman–Crippen LogP) is 3.99.